The lowest BCUT2D eigenvalue weighted by atomic mass is 10.0. The van der Waals surface area contributed by atoms with Crippen molar-refractivity contribution in [1.29, 1.82) is 0 Å². The van der Waals surface area contributed by atoms with E-state index in [1.165, 1.54) is 19.2 Å². The number of nitrogens with one attached hydrogen (secondary N) is 4. The number of ether oxygens (including phenoxy) is 2. The number of unbranched alkanes of at least 4 members (excludes halogenated alkanes) is 3. The molecule has 14 nitrogen and oxygen atoms in total. The molecule has 4 amide bonds. The molecule has 0 heterocycles. The molecule has 0 saturated carbocycles. The Morgan fingerprint density at radius 3 is 2.27 bits per heavy atom. The molecule has 0 fully saturated rings. The number of fused-ring (bicyclic) bond motifs is 1. The van der Waals surface area contributed by atoms with Crippen molar-refractivity contribution in [2.75, 3.05) is 20.3 Å². The predicted molar refractivity (Wildman–Crippen MR) is 233 cm³/mol. The van der Waals surface area contributed by atoms with E-state index in [2.05, 4.69) is 41.6 Å². The second-order valence-corrected chi connectivity index (χ2v) is 14.4. The van der Waals surface area contributed by atoms with Crippen LogP contribution in [0.5, 0.6) is 11.5 Å². The van der Waals surface area contributed by atoms with E-state index in [4.69, 9.17) is 15.2 Å². The summed E-state index contributed by atoms with van der Waals surface area (Å²) >= 11 is 0. The highest BCUT2D eigenvalue weighted by atomic mass is 16.6. The zero-order chi connectivity index (χ0) is 43.7. The molecule has 0 aliphatic carbocycles. The maximum Gasteiger partial charge on any atom is 0.278 e. The number of nitro benzene ring substituents is 1. The van der Waals surface area contributed by atoms with E-state index in [9.17, 15) is 29.3 Å². The summed E-state index contributed by atoms with van der Waals surface area (Å²) in [5.41, 5.74) is 12.3. The van der Waals surface area contributed by atoms with Crippen LogP contribution in [0.25, 0.3) is 10.8 Å². The highest BCUT2D eigenvalue weighted by Crippen LogP contribution is 2.37. The van der Waals surface area contributed by atoms with Gasteiger partial charge in [0, 0.05) is 31.4 Å². The first-order valence-electron chi connectivity index (χ1n) is 20.1. The van der Waals surface area contributed by atoms with Crippen molar-refractivity contribution in [2.45, 2.75) is 97.6 Å². The summed E-state index contributed by atoms with van der Waals surface area (Å²) in [5.74, 6) is -0.172. The van der Waals surface area contributed by atoms with Crippen LogP contribution in [0.2, 0.25) is 0 Å². The number of primary amides is 1. The normalized spacial score (nSPS) is 12.0. The standard InChI is InChI=1S/C25H42N4O6.C20H20N2O2/c1-6-7-8-9-14-26-24(30)11-10-15-35-23-17-21(29(32)33)20(16-22(23)34-5)19(4)27-28-25(31)13-12-18(2)3;1-3-7-14(4-2)12-18(19(21)23)22-20(24)17-11-10-15-8-5-6-9-16(15)13-17/h16-19,27H,6-15H2,1-5H3,(H,26,30)(H,28,31);3-11,13,18H,1-2,12H2,(H2,21,23)(H,22,24)/b;14-7+. The van der Waals surface area contributed by atoms with Gasteiger partial charge < -0.3 is 25.8 Å². The van der Waals surface area contributed by atoms with Gasteiger partial charge in [0.1, 0.15) is 6.04 Å². The lowest BCUT2D eigenvalue weighted by Gasteiger charge is -2.18. The molecule has 0 aliphatic rings. The Kier molecular flexibility index (Phi) is 22.3. The number of hydrazine groups is 1. The molecule has 0 radical (unpaired) electrons. The average molecular weight is 815 g/mol. The topological polar surface area (TPSA) is 204 Å². The largest absolute Gasteiger partial charge is 0.493 e. The number of carbonyl (C=O) groups is 4. The summed E-state index contributed by atoms with van der Waals surface area (Å²) in [6.07, 6.45) is 11.5. The monoisotopic (exact) mass is 814 g/mol. The minimum absolute atomic E-state index is 0.0336. The Morgan fingerprint density at radius 2 is 1.64 bits per heavy atom. The minimum Gasteiger partial charge on any atom is -0.493 e. The maximum absolute atomic E-state index is 12.4. The van der Waals surface area contributed by atoms with E-state index < -0.39 is 22.9 Å². The molecule has 3 aromatic rings. The molecule has 0 saturated heterocycles. The van der Waals surface area contributed by atoms with Gasteiger partial charge >= 0.3 is 0 Å². The molecule has 3 aromatic carbocycles. The van der Waals surface area contributed by atoms with Crippen LogP contribution in [-0.2, 0) is 14.4 Å². The molecular formula is C45H62N6O8. The van der Waals surface area contributed by atoms with Gasteiger partial charge in [-0.3, -0.25) is 34.7 Å². The molecule has 14 heteroatoms. The van der Waals surface area contributed by atoms with Gasteiger partial charge in [-0.1, -0.05) is 102 Å². The fraction of sp³-hybridized carbons (Fsp3) is 0.422. The third-order valence-electron chi connectivity index (χ3n) is 9.21. The zero-order valence-corrected chi connectivity index (χ0v) is 35.1. The van der Waals surface area contributed by atoms with Gasteiger partial charge in [-0.2, -0.15) is 0 Å². The van der Waals surface area contributed by atoms with Gasteiger partial charge in [-0.15, -0.1) is 0 Å². The van der Waals surface area contributed by atoms with Crippen molar-refractivity contribution in [1.82, 2.24) is 21.5 Å². The smallest absolute Gasteiger partial charge is 0.278 e. The highest BCUT2D eigenvalue weighted by molar-refractivity contribution is 6.00. The Morgan fingerprint density at radius 1 is 0.915 bits per heavy atom. The molecule has 0 spiro atoms. The zero-order valence-electron chi connectivity index (χ0n) is 35.1. The summed E-state index contributed by atoms with van der Waals surface area (Å²) in [6.45, 7) is 16.1. The SMILES string of the molecule is C=C/C=C(\C=C)CC(NC(=O)c1ccc2ccccc2c1)C(N)=O.CCCCCCNC(=O)CCCOc1cc([N+](=O)[O-])c(C(C)NNC(=O)CCC(C)C)cc1OC. The van der Waals surface area contributed by atoms with E-state index in [-0.39, 0.29) is 42.2 Å². The molecule has 0 bridgehead atoms. The van der Waals surface area contributed by atoms with Crippen LogP contribution in [0, 0.1) is 16.0 Å². The first-order valence-corrected chi connectivity index (χ1v) is 20.1. The van der Waals surface area contributed by atoms with Gasteiger partial charge in [0.15, 0.2) is 11.5 Å². The lowest BCUT2D eigenvalue weighted by Crippen LogP contribution is -2.44. The number of carbonyl (C=O) groups excluding carboxylic acids is 4. The van der Waals surface area contributed by atoms with Crippen LogP contribution in [0.4, 0.5) is 5.69 Å². The second-order valence-electron chi connectivity index (χ2n) is 14.4. The number of hydrogen-bond acceptors (Lipinski definition) is 9. The van der Waals surface area contributed by atoms with E-state index in [0.29, 0.717) is 48.6 Å². The van der Waals surface area contributed by atoms with Crippen molar-refractivity contribution in [2.24, 2.45) is 11.7 Å². The van der Waals surface area contributed by atoms with Gasteiger partial charge in [0.25, 0.3) is 11.6 Å². The lowest BCUT2D eigenvalue weighted by molar-refractivity contribution is -0.385. The van der Waals surface area contributed by atoms with Gasteiger partial charge in [-0.25, -0.2) is 5.43 Å². The molecular weight excluding hydrogens is 753 g/mol. The van der Waals surface area contributed by atoms with Crippen LogP contribution in [0.15, 0.2) is 91.6 Å². The minimum atomic E-state index is -0.812. The number of amides is 4. The quantitative estimate of drug-likeness (QED) is 0.0246. The van der Waals surface area contributed by atoms with Gasteiger partial charge in [0.05, 0.1) is 36.3 Å². The summed E-state index contributed by atoms with van der Waals surface area (Å²) in [7, 11) is 1.45. The number of rotatable bonds is 25. The summed E-state index contributed by atoms with van der Waals surface area (Å²) in [4.78, 5) is 59.3. The number of nitrogens with two attached hydrogens (primary N) is 1. The van der Waals surface area contributed by atoms with Crippen LogP contribution in [0.1, 0.15) is 107 Å². The first kappa shape index (κ1) is 49.1. The molecule has 320 valence electrons. The number of methoxy groups -OCH3 is 1. The number of hydrogen-bond donors (Lipinski definition) is 5. The fourth-order valence-corrected chi connectivity index (χ4v) is 5.78. The number of nitro groups is 1. The van der Waals surface area contributed by atoms with Crippen molar-refractivity contribution in [3.8, 4) is 11.5 Å². The Balaban J connectivity index is 0.000000435. The molecule has 6 N–H and O–H groups in total. The van der Waals surface area contributed by atoms with Crippen LogP contribution in [0.3, 0.4) is 0 Å². The first-order chi connectivity index (χ1) is 28.2. The number of nitrogens with zero attached hydrogens (tertiary/aromatic N) is 1. The van der Waals surface area contributed by atoms with Crippen molar-refractivity contribution >= 4 is 40.1 Å². The third kappa shape index (κ3) is 18.0. The van der Waals surface area contributed by atoms with E-state index in [0.717, 1.165) is 48.4 Å². The van der Waals surface area contributed by atoms with E-state index in [1.54, 1.807) is 37.3 Å². The van der Waals surface area contributed by atoms with Gasteiger partial charge in [0.2, 0.25) is 17.7 Å². The summed E-state index contributed by atoms with van der Waals surface area (Å²) in [5, 5.41) is 19.3. The van der Waals surface area contributed by atoms with Crippen LogP contribution < -0.4 is 36.7 Å². The number of benzene rings is 3. The molecule has 3 rings (SSSR count). The van der Waals surface area contributed by atoms with Crippen LogP contribution in [-0.4, -0.2) is 54.9 Å². The highest BCUT2D eigenvalue weighted by Gasteiger charge is 2.24. The Hall–Kier alpha value is -6.02. The Bertz CT molecular complexity index is 1910. The molecule has 0 aliphatic heterocycles. The summed E-state index contributed by atoms with van der Waals surface area (Å²) in [6, 6.07) is 14.6. The Labute approximate surface area is 348 Å². The molecule has 2 atom stereocenters. The maximum atomic E-state index is 12.4. The van der Waals surface area contributed by atoms with Crippen molar-refractivity contribution in [3.05, 3.63) is 113 Å². The van der Waals surface area contributed by atoms with Crippen molar-refractivity contribution in [3.63, 3.8) is 0 Å². The molecule has 0 aromatic heterocycles. The van der Waals surface area contributed by atoms with E-state index in [1.807, 2.05) is 44.2 Å². The number of allylic oxidation sites excluding steroid dienone is 3. The molecule has 2 unspecified atom stereocenters. The van der Waals surface area contributed by atoms with Crippen LogP contribution >= 0.6 is 0 Å². The average Bonchev–Trinajstić information content (AvgIpc) is 3.22. The third-order valence-corrected chi connectivity index (χ3v) is 9.21. The van der Waals surface area contributed by atoms with E-state index >= 15 is 0 Å². The predicted octanol–water partition coefficient (Wildman–Crippen LogP) is 7.69. The van der Waals surface area contributed by atoms with Crippen molar-refractivity contribution < 1.29 is 33.6 Å². The second kappa shape index (κ2) is 26.8. The molecule has 59 heavy (non-hydrogen) atoms. The fourth-order valence-electron chi connectivity index (χ4n) is 5.78. The van der Waals surface area contributed by atoms with Gasteiger partial charge in [-0.05, 0) is 66.6 Å². The summed E-state index contributed by atoms with van der Waals surface area (Å²) < 4.78 is 11.1.